The number of hydrogen-bond acceptors (Lipinski definition) is 6. The van der Waals surface area contributed by atoms with E-state index in [0.29, 0.717) is 11.5 Å². The third-order valence-corrected chi connectivity index (χ3v) is 5.50. The van der Waals surface area contributed by atoms with Crippen LogP contribution in [0.15, 0.2) is 41.0 Å². The predicted molar refractivity (Wildman–Crippen MR) is 114 cm³/mol. The Hall–Kier alpha value is -3.48. The summed E-state index contributed by atoms with van der Waals surface area (Å²) in [5.74, 6) is 0.351. The van der Waals surface area contributed by atoms with Crippen molar-refractivity contribution in [2.24, 2.45) is 0 Å². The minimum absolute atomic E-state index is 0.0642. The molecule has 0 aliphatic heterocycles. The topological polar surface area (TPSA) is 87.0 Å². The summed E-state index contributed by atoms with van der Waals surface area (Å²) in [4.78, 5) is 24.3. The summed E-state index contributed by atoms with van der Waals surface area (Å²) in [7, 11) is 3.11. The molecule has 0 bridgehead atoms. The van der Waals surface area contributed by atoms with Gasteiger partial charge in [-0.2, -0.15) is 0 Å². The minimum atomic E-state index is -0.468. The zero-order valence-corrected chi connectivity index (χ0v) is 17.7. The molecule has 0 saturated carbocycles. The molecule has 1 aromatic heterocycles. The third-order valence-electron chi connectivity index (χ3n) is 5.50. The highest BCUT2D eigenvalue weighted by Crippen LogP contribution is 2.30. The Balaban J connectivity index is 1.28. The van der Waals surface area contributed by atoms with Crippen molar-refractivity contribution < 1.29 is 28.2 Å². The van der Waals surface area contributed by atoms with Crippen LogP contribution in [0.4, 0.5) is 0 Å². The van der Waals surface area contributed by atoms with Gasteiger partial charge < -0.3 is 23.9 Å². The highest BCUT2D eigenvalue weighted by Gasteiger charge is 2.17. The Morgan fingerprint density at radius 3 is 2.58 bits per heavy atom. The van der Waals surface area contributed by atoms with E-state index in [9.17, 15) is 9.59 Å². The first-order valence-electron chi connectivity index (χ1n) is 10.2. The van der Waals surface area contributed by atoms with E-state index in [4.69, 9.17) is 18.6 Å². The highest BCUT2D eigenvalue weighted by atomic mass is 16.5. The number of carbonyl (C=O) groups excluding carboxylic acids is 2. The number of rotatable bonds is 8. The predicted octanol–water partition coefficient (Wildman–Crippen LogP) is 3.34. The molecule has 7 heteroatoms. The lowest BCUT2D eigenvalue weighted by Gasteiger charge is -2.10. The number of aryl methyl sites for hydroxylation is 2. The molecule has 1 N–H and O–H groups in total. The Labute approximate surface area is 180 Å². The van der Waals surface area contributed by atoms with Gasteiger partial charge in [-0.05, 0) is 60.2 Å². The Morgan fingerprint density at radius 2 is 1.81 bits per heavy atom. The van der Waals surface area contributed by atoms with Gasteiger partial charge in [0.15, 0.2) is 18.1 Å². The van der Waals surface area contributed by atoms with Crippen LogP contribution in [0.25, 0.3) is 11.0 Å². The van der Waals surface area contributed by atoms with Crippen molar-refractivity contribution in [2.45, 2.75) is 32.2 Å². The van der Waals surface area contributed by atoms with Crippen molar-refractivity contribution in [1.29, 1.82) is 0 Å². The van der Waals surface area contributed by atoms with Gasteiger partial charge >= 0.3 is 5.97 Å². The molecule has 0 radical (unpaired) electrons. The molecule has 7 nitrogen and oxygen atoms in total. The van der Waals surface area contributed by atoms with Gasteiger partial charge in [-0.3, -0.25) is 9.59 Å². The molecule has 0 saturated heterocycles. The molecule has 0 spiro atoms. The number of ether oxygens (including phenoxy) is 3. The maximum absolute atomic E-state index is 12.2. The van der Waals surface area contributed by atoms with Gasteiger partial charge in [0.1, 0.15) is 5.58 Å². The summed E-state index contributed by atoms with van der Waals surface area (Å²) in [5, 5.41) is 3.67. The first-order chi connectivity index (χ1) is 15.1. The second-order valence-corrected chi connectivity index (χ2v) is 7.54. The van der Waals surface area contributed by atoms with Crippen molar-refractivity contribution in [3.8, 4) is 11.5 Å². The normalized spacial score (nSPS) is 12.5. The number of carbonyl (C=O) groups is 2. The third kappa shape index (κ3) is 4.66. The fourth-order valence-corrected chi connectivity index (χ4v) is 3.88. The molecule has 1 heterocycles. The van der Waals surface area contributed by atoms with Crippen LogP contribution in [-0.4, -0.2) is 32.7 Å². The van der Waals surface area contributed by atoms with Crippen molar-refractivity contribution in [3.63, 3.8) is 0 Å². The number of nitrogens with one attached hydrogen (secondary N) is 1. The van der Waals surface area contributed by atoms with Gasteiger partial charge in [-0.15, -0.1) is 0 Å². The van der Waals surface area contributed by atoms with E-state index >= 15 is 0 Å². The van der Waals surface area contributed by atoms with Gasteiger partial charge in [0, 0.05) is 17.5 Å². The zero-order valence-electron chi connectivity index (χ0n) is 17.7. The lowest BCUT2D eigenvalue weighted by atomic mass is 10.0. The fraction of sp³-hybridized carbons (Fsp3) is 0.333. The smallest absolute Gasteiger partial charge is 0.310 e. The second-order valence-electron chi connectivity index (χ2n) is 7.54. The maximum Gasteiger partial charge on any atom is 0.310 e. The molecule has 2 aromatic carbocycles. The molecular formula is C24H25NO6. The first-order valence-corrected chi connectivity index (χ1v) is 10.2. The van der Waals surface area contributed by atoms with E-state index in [-0.39, 0.29) is 25.5 Å². The minimum Gasteiger partial charge on any atom is -0.493 e. The summed E-state index contributed by atoms with van der Waals surface area (Å²) < 4.78 is 21.2. The summed E-state index contributed by atoms with van der Waals surface area (Å²) in [5.41, 5.74) is 5.05. The van der Waals surface area contributed by atoms with Crippen molar-refractivity contribution in [1.82, 2.24) is 5.32 Å². The molecule has 0 fully saturated rings. The highest BCUT2D eigenvalue weighted by molar-refractivity contribution is 5.88. The molecular weight excluding hydrogens is 398 g/mol. The molecule has 3 aromatic rings. The molecule has 0 unspecified atom stereocenters. The Kier molecular flexibility index (Phi) is 6.11. The molecule has 1 amide bonds. The standard InChI is InChI=1S/C24H25NO6/c1-28-20-7-6-15(8-22(20)29-2)12-25-23(26)14-31-24(27)11-18-13-30-21-10-17-5-3-4-16(17)9-19(18)21/h6-10,13H,3-5,11-12,14H2,1-2H3,(H,25,26). The molecule has 0 atom stereocenters. The maximum atomic E-state index is 12.2. The quantitative estimate of drug-likeness (QED) is 0.559. The van der Waals surface area contributed by atoms with Gasteiger partial charge in [0.2, 0.25) is 0 Å². The summed E-state index contributed by atoms with van der Waals surface area (Å²) in [6.45, 7) is -0.0501. The monoisotopic (exact) mass is 423 g/mol. The van der Waals surface area contributed by atoms with E-state index in [0.717, 1.165) is 41.4 Å². The number of furan rings is 1. The summed E-state index contributed by atoms with van der Waals surface area (Å²) in [6.07, 6.45) is 4.94. The number of benzene rings is 2. The van der Waals surface area contributed by atoms with Gasteiger partial charge in [0.25, 0.3) is 5.91 Å². The number of hydrogen-bond donors (Lipinski definition) is 1. The van der Waals surface area contributed by atoms with Crippen LogP contribution in [-0.2, 0) is 40.1 Å². The van der Waals surface area contributed by atoms with E-state index in [1.807, 2.05) is 6.07 Å². The van der Waals surface area contributed by atoms with Crippen LogP contribution in [0, 0.1) is 0 Å². The fourth-order valence-electron chi connectivity index (χ4n) is 3.88. The average Bonchev–Trinajstić information content (AvgIpc) is 3.40. The molecule has 1 aliphatic carbocycles. The molecule has 162 valence electrons. The van der Waals surface area contributed by atoms with Gasteiger partial charge in [0.05, 0.1) is 26.9 Å². The number of amides is 1. The van der Waals surface area contributed by atoms with E-state index in [1.165, 1.54) is 11.1 Å². The second kappa shape index (κ2) is 9.12. The van der Waals surface area contributed by atoms with Crippen molar-refractivity contribution in [3.05, 3.63) is 58.8 Å². The van der Waals surface area contributed by atoms with E-state index < -0.39 is 5.97 Å². The average molecular weight is 423 g/mol. The van der Waals surface area contributed by atoms with E-state index in [2.05, 4.69) is 17.4 Å². The number of methoxy groups -OCH3 is 2. The van der Waals surface area contributed by atoms with E-state index in [1.54, 1.807) is 32.6 Å². The van der Waals surface area contributed by atoms with Crippen LogP contribution in [0.3, 0.4) is 0 Å². The number of fused-ring (bicyclic) bond motifs is 2. The molecule has 1 aliphatic rings. The molecule has 31 heavy (non-hydrogen) atoms. The summed E-state index contributed by atoms with van der Waals surface area (Å²) >= 11 is 0. The SMILES string of the molecule is COc1ccc(CNC(=O)COC(=O)Cc2coc3cc4c(cc23)CCC4)cc1OC. The molecule has 4 rings (SSSR count). The van der Waals surface area contributed by atoms with Gasteiger partial charge in [-0.1, -0.05) is 6.07 Å². The summed E-state index contributed by atoms with van der Waals surface area (Å²) in [6, 6.07) is 9.55. The Bertz CT molecular complexity index is 1120. The lowest BCUT2D eigenvalue weighted by molar-refractivity contribution is -0.147. The first kappa shape index (κ1) is 20.8. The van der Waals surface area contributed by atoms with Crippen LogP contribution in [0.1, 0.15) is 28.7 Å². The zero-order chi connectivity index (χ0) is 21.8. The Morgan fingerprint density at radius 1 is 1.03 bits per heavy atom. The van der Waals surface area contributed by atoms with Crippen LogP contribution in [0.2, 0.25) is 0 Å². The lowest BCUT2D eigenvalue weighted by Crippen LogP contribution is -2.28. The van der Waals surface area contributed by atoms with Crippen molar-refractivity contribution >= 4 is 22.8 Å². The van der Waals surface area contributed by atoms with Crippen LogP contribution < -0.4 is 14.8 Å². The number of esters is 1. The largest absolute Gasteiger partial charge is 0.493 e. The van der Waals surface area contributed by atoms with Crippen LogP contribution >= 0.6 is 0 Å². The van der Waals surface area contributed by atoms with Crippen LogP contribution in [0.5, 0.6) is 11.5 Å². The van der Waals surface area contributed by atoms with Crippen molar-refractivity contribution in [2.75, 3.05) is 20.8 Å². The van der Waals surface area contributed by atoms with Gasteiger partial charge in [-0.25, -0.2) is 0 Å².